The van der Waals surface area contributed by atoms with Gasteiger partial charge in [0.05, 0.1) is 11.5 Å². The second-order valence-electron chi connectivity index (χ2n) is 3.34. The average molecular weight is 158 g/mol. The molecule has 1 rings (SSSR count). The quantitative estimate of drug-likeness (QED) is 0.658. The van der Waals surface area contributed by atoms with Gasteiger partial charge in [0.15, 0.2) is 0 Å². The van der Waals surface area contributed by atoms with Gasteiger partial charge in [-0.1, -0.05) is 0 Å². The number of rotatable bonds is 2. The third-order valence-corrected chi connectivity index (χ3v) is 2.65. The highest BCUT2D eigenvalue weighted by Crippen LogP contribution is 2.39. The molecule has 1 aliphatic rings. The van der Waals surface area contributed by atoms with Crippen LogP contribution in [0.4, 0.5) is 0 Å². The lowest BCUT2D eigenvalue weighted by Gasteiger charge is -2.25. The highest BCUT2D eigenvalue weighted by atomic mass is 16.5. The van der Waals surface area contributed by atoms with Gasteiger partial charge in [-0.15, -0.1) is 0 Å². The molecule has 1 aliphatic carbocycles. The van der Waals surface area contributed by atoms with Crippen molar-refractivity contribution in [3.05, 3.63) is 0 Å². The molecule has 64 valence electrons. The van der Waals surface area contributed by atoms with Crippen molar-refractivity contribution in [3.8, 4) is 0 Å². The van der Waals surface area contributed by atoms with Gasteiger partial charge >= 0.3 is 5.97 Å². The molecule has 0 spiro atoms. The van der Waals surface area contributed by atoms with Gasteiger partial charge in [-0.2, -0.15) is 0 Å². The zero-order valence-electron chi connectivity index (χ0n) is 6.96. The van der Waals surface area contributed by atoms with E-state index >= 15 is 0 Å². The minimum Gasteiger partial charge on any atom is -0.481 e. The van der Waals surface area contributed by atoms with Crippen molar-refractivity contribution < 1.29 is 14.6 Å². The van der Waals surface area contributed by atoms with Crippen molar-refractivity contribution in [2.45, 2.75) is 32.3 Å². The maximum absolute atomic E-state index is 10.8. The van der Waals surface area contributed by atoms with Crippen LogP contribution in [0.2, 0.25) is 0 Å². The number of methoxy groups -OCH3 is 1. The summed E-state index contributed by atoms with van der Waals surface area (Å²) in [6.07, 6.45) is 2.47. The van der Waals surface area contributed by atoms with Crippen molar-refractivity contribution in [1.29, 1.82) is 0 Å². The fourth-order valence-corrected chi connectivity index (χ4v) is 1.76. The molecular weight excluding hydrogens is 144 g/mol. The van der Waals surface area contributed by atoms with Gasteiger partial charge in [-0.25, -0.2) is 0 Å². The third kappa shape index (κ3) is 1.25. The summed E-state index contributed by atoms with van der Waals surface area (Å²) in [5, 5.41) is 8.89. The Kier molecular flexibility index (Phi) is 2.18. The zero-order valence-corrected chi connectivity index (χ0v) is 6.96. The fourth-order valence-electron chi connectivity index (χ4n) is 1.76. The van der Waals surface area contributed by atoms with Crippen LogP contribution < -0.4 is 0 Å². The molecule has 0 saturated heterocycles. The highest BCUT2D eigenvalue weighted by molar-refractivity contribution is 5.75. The van der Waals surface area contributed by atoms with Crippen molar-refractivity contribution >= 4 is 5.97 Å². The first-order chi connectivity index (χ1) is 5.11. The standard InChI is InChI=1S/C8H14O3/c1-8(7(9)10)5-3-4-6(8)11-2/h6H,3-5H2,1-2H3,(H,9,10)/t6-,8+/m0/s1. The van der Waals surface area contributed by atoms with Gasteiger partial charge in [0, 0.05) is 7.11 Å². The molecule has 0 unspecified atom stereocenters. The van der Waals surface area contributed by atoms with E-state index in [-0.39, 0.29) is 6.10 Å². The van der Waals surface area contributed by atoms with E-state index < -0.39 is 11.4 Å². The maximum Gasteiger partial charge on any atom is 0.311 e. The monoisotopic (exact) mass is 158 g/mol. The number of hydrogen-bond acceptors (Lipinski definition) is 2. The van der Waals surface area contributed by atoms with Gasteiger partial charge < -0.3 is 9.84 Å². The summed E-state index contributed by atoms with van der Waals surface area (Å²) in [5.41, 5.74) is -0.644. The fraction of sp³-hybridized carbons (Fsp3) is 0.875. The summed E-state index contributed by atoms with van der Waals surface area (Å²) in [5.74, 6) is -0.734. The van der Waals surface area contributed by atoms with Crippen molar-refractivity contribution in [2.75, 3.05) is 7.11 Å². The van der Waals surface area contributed by atoms with Gasteiger partial charge in [0.1, 0.15) is 0 Å². The number of ether oxygens (including phenoxy) is 1. The lowest BCUT2D eigenvalue weighted by Crippen LogP contribution is -2.36. The molecule has 0 radical (unpaired) electrons. The second kappa shape index (κ2) is 2.81. The number of carbonyl (C=O) groups is 1. The largest absolute Gasteiger partial charge is 0.481 e. The number of carboxylic acids is 1. The Bertz CT molecular complexity index is 167. The Hall–Kier alpha value is -0.570. The zero-order chi connectivity index (χ0) is 8.48. The molecule has 0 aromatic carbocycles. The van der Waals surface area contributed by atoms with Gasteiger partial charge in [-0.05, 0) is 26.2 Å². The van der Waals surface area contributed by atoms with E-state index in [1.165, 1.54) is 0 Å². The van der Waals surface area contributed by atoms with Crippen LogP contribution in [0.25, 0.3) is 0 Å². The summed E-state index contributed by atoms with van der Waals surface area (Å²) in [7, 11) is 1.58. The van der Waals surface area contributed by atoms with Crippen molar-refractivity contribution in [3.63, 3.8) is 0 Å². The molecular formula is C8H14O3. The van der Waals surface area contributed by atoms with Crippen LogP contribution in [-0.2, 0) is 9.53 Å². The van der Waals surface area contributed by atoms with Crippen LogP contribution >= 0.6 is 0 Å². The summed E-state index contributed by atoms with van der Waals surface area (Å²) in [6.45, 7) is 1.76. The Balaban J connectivity index is 2.75. The van der Waals surface area contributed by atoms with E-state index in [1.54, 1.807) is 14.0 Å². The Morgan fingerprint density at radius 1 is 1.73 bits per heavy atom. The Labute approximate surface area is 66.4 Å². The molecule has 3 heteroatoms. The lowest BCUT2D eigenvalue weighted by molar-refractivity contribution is -0.154. The first kappa shape index (κ1) is 8.53. The van der Waals surface area contributed by atoms with Gasteiger partial charge in [0.25, 0.3) is 0 Å². The summed E-state index contributed by atoms with van der Waals surface area (Å²) in [6, 6.07) is 0. The highest BCUT2D eigenvalue weighted by Gasteiger charge is 2.45. The normalized spacial score (nSPS) is 37.5. The van der Waals surface area contributed by atoms with E-state index in [4.69, 9.17) is 9.84 Å². The topological polar surface area (TPSA) is 46.5 Å². The van der Waals surface area contributed by atoms with Crippen LogP contribution in [0.5, 0.6) is 0 Å². The van der Waals surface area contributed by atoms with Crippen LogP contribution in [0.3, 0.4) is 0 Å². The van der Waals surface area contributed by atoms with E-state index in [1.807, 2.05) is 0 Å². The third-order valence-electron chi connectivity index (χ3n) is 2.65. The molecule has 1 saturated carbocycles. The first-order valence-corrected chi connectivity index (χ1v) is 3.87. The van der Waals surface area contributed by atoms with E-state index in [9.17, 15) is 4.79 Å². The molecule has 0 aromatic rings. The Morgan fingerprint density at radius 3 is 2.73 bits per heavy atom. The molecule has 0 heterocycles. The van der Waals surface area contributed by atoms with Crippen molar-refractivity contribution in [2.24, 2.45) is 5.41 Å². The molecule has 11 heavy (non-hydrogen) atoms. The minimum absolute atomic E-state index is 0.0972. The van der Waals surface area contributed by atoms with E-state index in [0.717, 1.165) is 19.3 Å². The molecule has 0 amide bonds. The summed E-state index contributed by atoms with van der Waals surface area (Å²) >= 11 is 0. The summed E-state index contributed by atoms with van der Waals surface area (Å²) in [4.78, 5) is 10.8. The smallest absolute Gasteiger partial charge is 0.311 e. The number of aliphatic carboxylic acids is 1. The van der Waals surface area contributed by atoms with E-state index in [2.05, 4.69) is 0 Å². The number of carboxylic acid groups (broad SMARTS) is 1. The Morgan fingerprint density at radius 2 is 2.36 bits per heavy atom. The van der Waals surface area contributed by atoms with Crippen LogP contribution in [0, 0.1) is 5.41 Å². The molecule has 0 aromatic heterocycles. The number of hydrogen-bond donors (Lipinski definition) is 1. The van der Waals surface area contributed by atoms with Gasteiger partial charge in [-0.3, -0.25) is 4.79 Å². The van der Waals surface area contributed by atoms with Crippen LogP contribution in [0.15, 0.2) is 0 Å². The van der Waals surface area contributed by atoms with Crippen LogP contribution in [0.1, 0.15) is 26.2 Å². The second-order valence-corrected chi connectivity index (χ2v) is 3.34. The minimum atomic E-state index is -0.734. The predicted molar refractivity (Wildman–Crippen MR) is 40.4 cm³/mol. The molecule has 1 N–H and O–H groups in total. The summed E-state index contributed by atoms with van der Waals surface area (Å²) < 4.78 is 5.11. The van der Waals surface area contributed by atoms with Gasteiger partial charge in [0.2, 0.25) is 0 Å². The van der Waals surface area contributed by atoms with Crippen LogP contribution in [-0.4, -0.2) is 24.3 Å². The lowest BCUT2D eigenvalue weighted by atomic mass is 9.87. The predicted octanol–water partition coefficient (Wildman–Crippen LogP) is 1.28. The molecule has 3 nitrogen and oxygen atoms in total. The molecule has 1 fully saturated rings. The molecule has 0 bridgehead atoms. The van der Waals surface area contributed by atoms with Crippen molar-refractivity contribution in [1.82, 2.24) is 0 Å². The average Bonchev–Trinajstić information content (AvgIpc) is 2.32. The maximum atomic E-state index is 10.8. The SMILES string of the molecule is CO[C@H]1CCC[C@@]1(C)C(=O)O. The molecule has 0 aliphatic heterocycles. The molecule has 2 atom stereocenters. The van der Waals surface area contributed by atoms with E-state index in [0.29, 0.717) is 0 Å². The first-order valence-electron chi connectivity index (χ1n) is 3.87.